The zero-order valence-corrected chi connectivity index (χ0v) is 18.0. The van der Waals surface area contributed by atoms with Crippen molar-refractivity contribution in [3.63, 3.8) is 0 Å². The number of amides is 3. The fourth-order valence-electron chi connectivity index (χ4n) is 3.58. The summed E-state index contributed by atoms with van der Waals surface area (Å²) in [4.78, 5) is 39.2. The van der Waals surface area contributed by atoms with E-state index in [4.69, 9.17) is 0 Å². The van der Waals surface area contributed by atoms with Crippen LogP contribution < -0.4 is 5.32 Å². The molecular formula is C23H19IN2O3. The molecule has 0 saturated heterocycles. The van der Waals surface area contributed by atoms with Gasteiger partial charge in [0.25, 0.3) is 11.8 Å². The summed E-state index contributed by atoms with van der Waals surface area (Å²) in [6.07, 6.45) is 0.637. The molecule has 0 aromatic heterocycles. The Balaban J connectivity index is 1.42. The standard InChI is InChI=1S/C23H19IN2O3/c1-14-10-11-16(13-19(14)24)25-20(27)9-4-12-26-22(28)17-7-2-5-15-6-3-8-18(21(15)17)23(26)29/h2-3,5-8,10-11,13H,4,9,12H2,1H3,(H,25,27). The van der Waals surface area contributed by atoms with E-state index in [0.29, 0.717) is 22.9 Å². The number of carbonyl (C=O) groups excluding carboxylic acids is 3. The second-order valence-corrected chi connectivity index (χ2v) is 8.25. The van der Waals surface area contributed by atoms with Crippen molar-refractivity contribution in [3.8, 4) is 0 Å². The molecule has 0 bridgehead atoms. The molecule has 29 heavy (non-hydrogen) atoms. The van der Waals surface area contributed by atoms with Gasteiger partial charge in [-0.1, -0.05) is 30.3 Å². The highest BCUT2D eigenvalue weighted by Gasteiger charge is 2.32. The number of imide groups is 1. The Labute approximate surface area is 182 Å². The molecule has 0 unspecified atom stereocenters. The third-order valence-corrected chi connectivity index (χ3v) is 6.26. The van der Waals surface area contributed by atoms with Crippen LogP contribution in [0.5, 0.6) is 0 Å². The van der Waals surface area contributed by atoms with Gasteiger partial charge in [-0.25, -0.2) is 0 Å². The highest BCUT2D eigenvalue weighted by Crippen LogP contribution is 2.30. The first-order valence-electron chi connectivity index (χ1n) is 9.39. The molecule has 146 valence electrons. The van der Waals surface area contributed by atoms with Gasteiger partial charge in [0.2, 0.25) is 5.91 Å². The second kappa shape index (κ2) is 7.94. The number of aryl methyl sites for hydroxylation is 1. The van der Waals surface area contributed by atoms with Crippen LogP contribution in [0, 0.1) is 10.5 Å². The second-order valence-electron chi connectivity index (χ2n) is 7.09. The van der Waals surface area contributed by atoms with E-state index in [-0.39, 0.29) is 30.7 Å². The predicted molar refractivity (Wildman–Crippen MR) is 121 cm³/mol. The van der Waals surface area contributed by atoms with E-state index in [1.165, 1.54) is 4.90 Å². The number of anilines is 1. The smallest absolute Gasteiger partial charge is 0.261 e. The number of nitrogens with one attached hydrogen (secondary N) is 1. The molecule has 5 nitrogen and oxygen atoms in total. The van der Waals surface area contributed by atoms with Crippen LogP contribution in [0.3, 0.4) is 0 Å². The van der Waals surface area contributed by atoms with Gasteiger partial charge in [-0.15, -0.1) is 0 Å². The third-order valence-electron chi connectivity index (χ3n) is 5.10. The van der Waals surface area contributed by atoms with Crippen LogP contribution >= 0.6 is 22.6 Å². The SMILES string of the molecule is Cc1ccc(NC(=O)CCCN2C(=O)c3cccc4cccc(c34)C2=O)cc1I. The van der Waals surface area contributed by atoms with E-state index >= 15 is 0 Å². The lowest BCUT2D eigenvalue weighted by Gasteiger charge is -2.27. The minimum atomic E-state index is -0.298. The number of halogens is 1. The van der Waals surface area contributed by atoms with Gasteiger partial charge in [0.15, 0.2) is 0 Å². The molecule has 0 fully saturated rings. The van der Waals surface area contributed by atoms with Crippen molar-refractivity contribution in [1.29, 1.82) is 0 Å². The van der Waals surface area contributed by atoms with Crippen LogP contribution in [-0.2, 0) is 4.79 Å². The Morgan fingerprint density at radius 1 is 1.00 bits per heavy atom. The molecule has 1 heterocycles. The van der Waals surface area contributed by atoms with Gasteiger partial charge in [0.05, 0.1) is 0 Å². The van der Waals surface area contributed by atoms with Crippen molar-refractivity contribution in [2.24, 2.45) is 0 Å². The lowest BCUT2D eigenvalue weighted by molar-refractivity contribution is -0.116. The Kier molecular flexibility index (Phi) is 5.36. The fourth-order valence-corrected chi connectivity index (χ4v) is 4.09. The van der Waals surface area contributed by atoms with E-state index in [0.717, 1.165) is 20.2 Å². The molecule has 0 atom stereocenters. The maximum Gasteiger partial charge on any atom is 0.261 e. The molecule has 3 aromatic rings. The Morgan fingerprint density at radius 3 is 2.28 bits per heavy atom. The van der Waals surface area contributed by atoms with Crippen LogP contribution in [0.25, 0.3) is 10.8 Å². The van der Waals surface area contributed by atoms with E-state index in [1.54, 1.807) is 12.1 Å². The van der Waals surface area contributed by atoms with Gasteiger partial charge >= 0.3 is 0 Å². The maximum absolute atomic E-state index is 12.9. The Hall–Kier alpha value is -2.74. The van der Waals surface area contributed by atoms with Gasteiger partial charge in [-0.2, -0.15) is 0 Å². The molecule has 1 aliphatic heterocycles. The molecule has 0 radical (unpaired) electrons. The first-order valence-corrected chi connectivity index (χ1v) is 10.5. The topological polar surface area (TPSA) is 66.5 Å². The highest BCUT2D eigenvalue weighted by molar-refractivity contribution is 14.1. The van der Waals surface area contributed by atoms with Crippen molar-refractivity contribution in [2.75, 3.05) is 11.9 Å². The van der Waals surface area contributed by atoms with Gasteiger partial charge in [-0.3, -0.25) is 19.3 Å². The Bertz CT molecular complexity index is 1110. The number of nitrogens with zero attached hydrogens (tertiary/aromatic N) is 1. The van der Waals surface area contributed by atoms with Crippen LogP contribution in [-0.4, -0.2) is 29.2 Å². The quantitative estimate of drug-likeness (QED) is 0.407. The van der Waals surface area contributed by atoms with Crippen molar-refractivity contribution in [3.05, 3.63) is 74.9 Å². The van der Waals surface area contributed by atoms with Gasteiger partial charge in [0, 0.05) is 38.7 Å². The number of rotatable bonds is 5. The molecule has 0 spiro atoms. The number of hydrogen-bond acceptors (Lipinski definition) is 3. The lowest BCUT2D eigenvalue weighted by Crippen LogP contribution is -2.41. The van der Waals surface area contributed by atoms with E-state index in [2.05, 4.69) is 27.9 Å². The lowest BCUT2D eigenvalue weighted by atomic mass is 9.94. The summed E-state index contributed by atoms with van der Waals surface area (Å²) in [6.45, 7) is 2.22. The summed E-state index contributed by atoms with van der Waals surface area (Å²) in [5, 5.41) is 4.47. The predicted octanol–water partition coefficient (Wildman–Crippen LogP) is 4.77. The molecule has 6 heteroatoms. The molecule has 3 amide bonds. The maximum atomic E-state index is 12.9. The first kappa shape index (κ1) is 19.6. The van der Waals surface area contributed by atoms with Gasteiger partial charge in [-0.05, 0) is 71.2 Å². The fraction of sp³-hybridized carbons (Fsp3) is 0.174. The van der Waals surface area contributed by atoms with E-state index < -0.39 is 0 Å². The summed E-state index contributed by atoms with van der Waals surface area (Å²) >= 11 is 2.23. The van der Waals surface area contributed by atoms with Crippen molar-refractivity contribution >= 4 is 56.8 Å². The molecule has 1 N–H and O–H groups in total. The van der Waals surface area contributed by atoms with Crippen LogP contribution in [0.2, 0.25) is 0 Å². The van der Waals surface area contributed by atoms with Crippen molar-refractivity contribution in [1.82, 2.24) is 4.90 Å². The Morgan fingerprint density at radius 2 is 1.66 bits per heavy atom. The van der Waals surface area contributed by atoms with E-state index in [9.17, 15) is 14.4 Å². The average Bonchev–Trinajstić information content (AvgIpc) is 2.71. The zero-order valence-electron chi connectivity index (χ0n) is 15.9. The monoisotopic (exact) mass is 498 g/mol. The first-order chi connectivity index (χ1) is 14.0. The van der Waals surface area contributed by atoms with Crippen LogP contribution in [0.15, 0.2) is 54.6 Å². The molecule has 0 aliphatic carbocycles. The summed E-state index contributed by atoms with van der Waals surface area (Å²) in [7, 11) is 0. The van der Waals surface area contributed by atoms with Crippen molar-refractivity contribution in [2.45, 2.75) is 19.8 Å². The highest BCUT2D eigenvalue weighted by atomic mass is 127. The molecule has 4 rings (SSSR count). The minimum absolute atomic E-state index is 0.135. The molecule has 0 saturated carbocycles. The van der Waals surface area contributed by atoms with Gasteiger partial charge in [0.1, 0.15) is 0 Å². The summed E-state index contributed by atoms with van der Waals surface area (Å²) in [5.74, 6) is -0.732. The number of carbonyl (C=O) groups is 3. The minimum Gasteiger partial charge on any atom is -0.326 e. The largest absolute Gasteiger partial charge is 0.326 e. The van der Waals surface area contributed by atoms with Crippen LogP contribution in [0.1, 0.15) is 39.1 Å². The summed E-state index contributed by atoms with van der Waals surface area (Å²) < 4.78 is 1.08. The van der Waals surface area contributed by atoms with E-state index in [1.807, 2.05) is 49.4 Å². The average molecular weight is 498 g/mol. The summed E-state index contributed by atoms with van der Waals surface area (Å²) in [5.41, 5.74) is 2.98. The molecule has 3 aromatic carbocycles. The third kappa shape index (κ3) is 3.76. The van der Waals surface area contributed by atoms with Gasteiger partial charge < -0.3 is 5.32 Å². The zero-order chi connectivity index (χ0) is 20.5. The normalized spacial score (nSPS) is 13.1. The van der Waals surface area contributed by atoms with Crippen LogP contribution in [0.4, 0.5) is 5.69 Å². The summed E-state index contributed by atoms with van der Waals surface area (Å²) in [6, 6.07) is 16.7. The number of benzene rings is 3. The van der Waals surface area contributed by atoms with Crippen molar-refractivity contribution < 1.29 is 14.4 Å². The molecule has 1 aliphatic rings. The number of hydrogen-bond donors (Lipinski definition) is 1. The molecular weight excluding hydrogens is 479 g/mol.